The van der Waals surface area contributed by atoms with Gasteiger partial charge in [0, 0.05) is 19.5 Å². The van der Waals surface area contributed by atoms with Gasteiger partial charge in [-0.15, -0.1) is 0 Å². The van der Waals surface area contributed by atoms with Crippen molar-refractivity contribution in [2.75, 3.05) is 17.4 Å². The summed E-state index contributed by atoms with van der Waals surface area (Å²) in [4.78, 5) is 29.6. The number of nitrogens with zero attached hydrogens (tertiary/aromatic N) is 2. The number of halogens is 2. The maximum atomic E-state index is 14.6. The van der Waals surface area contributed by atoms with E-state index in [0.717, 1.165) is 9.87 Å². The Morgan fingerprint density at radius 3 is 1.94 bits per heavy atom. The van der Waals surface area contributed by atoms with Crippen molar-refractivity contribution in [2.45, 2.75) is 30.8 Å². The first-order valence-electron chi connectivity index (χ1n) is 15.6. The second-order valence-electron chi connectivity index (χ2n) is 11.1. The van der Waals surface area contributed by atoms with E-state index >= 15 is 0 Å². The molecule has 2 amide bonds. The van der Waals surface area contributed by atoms with E-state index in [9.17, 15) is 18.0 Å². The predicted molar refractivity (Wildman–Crippen MR) is 194 cm³/mol. The van der Waals surface area contributed by atoms with Crippen molar-refractivity contribution >= 4 is 50.7 Å². The largest absolute Gasteiger partial charge is 0.457 e. The molecule has 1 atom stereocenters. The number of para-hydroxylation sites is 1. The molecular weight excluding hydrogens is 681 g/mol. The molecule has 49 heavy (non-hydrogen) atoms. The number of amides is 2. The molecule has 0 aliphatic carbocycles. The van der Waals surface area contributed by atoms with Crippen molar-refractivity contribution in [3.05, 3.63) is 155 Å². The molecule has 5 aromatic rings. The lowest BCUT2D eigenvalue weighted by Gasteiger charge is -2.34. The van der Waals surface area contributed by atoms with Crippen LogP contribution in [0, 0.1) is 0 Å². The van der Waals surface area contributed by atoms with E-state index in [0.29, 0.717) is 28.6 Å². The highest BCUT2D eigenvalue weighted by molar-refractivity contribution is 7.92. The monoisotopic (exact) mass is 715 g/mol. The van der Waals surface area contributed by atoms with Crippen LogP contribution in [0.4, 0.5) is 5.69 Å². The van der Waals surface area contributed by atoms with E-state index in [-0.39, 0.29) is 34.5 Å². The zero-order valence-corrected chi connectivity index (χ0v) is 29.0. The zero-order valence-electron chi connectivity index (χ0n) is 26.7. The number of hydrogen-bond acceptors (Lipinski definition) is 5. The lowest BCUT2D eigenvalue weighted by atomic mass is 10.0. The Morgan fingerprint density at radius 2 is 1.33 bits per heavy atom. The molecule has 0 saturated carbocycles. The number of sulfonamides is 1. The second kappa shape index (κ2) is 16.5. The van der Waals surface area contributed by atoms with Gasteiger partial charge < -0.3 is 15.0 Å². The third kappa shape index (κ3) is 9.20. The van der Waals surface area contributed by atoms with E-state index < -0.39 is 28.5 Å². The quantitative estimate of drug-likeness (QED) is 0.127. The van der Waals surface area contributed by atoms with Crippen LogP contribution in [0.3, 0.4) is 0 Å². The number of nitrogens with one attached hydrogen (secondary N) is 1. The first-order valence-corrected chi connectivity index (χ1v) is 17.8. The number of carbonyl (C=O) groups excluding carboxylic acids is 2. The van der Waals surface area contributed by atoms with Gasteiger partial charge in [0.05, 0.1) is 20.6 Å². The SMILES string of the molecule is CCNC(=O)[C@H](Cc1ccccc1)N(Cc1ccc(Cl)c(Cl)c1)C(=O)CN(c1ccc(Oc2ccccc2)cc1)S(=O)(=O)c1ccccc1. The minimum atomic E-state index is -4.25. The van der Waals surface area contributed by atoms with E-state index in [4.69, 9.17) is 27.9 Å². The number of rotatable bonds is 14. The number of benzene rings is 5. The molecule has 0 fully saturated rings. The summed E-state index contributed by atoms with van der Waals surface area (Å²) in [7, 11) is -4.25. The van der Waals surface area contributed by atoms with Crippen LogP contribution in [0.25, 0.3) is 0 Å². The maximum Gasteiger partial charge on any atom is 0.264 e. The number of ether oxygens (including phenoxy) is 1. The lowest BCUT2D eigenvalue weighted by molar-refractivity contribution is -0.140. The molecular formula is C38H35Cl2N3O5S. The fraction of sp³-hybridized carbons (Fsp3) is 0.158. The van der Waals surface area contributed by atoms with Gasteiger partial charge in [-0.1, -0.05) is 96.0 Å². The van der Waals surface area contributed by atoms with Crippen LogP contribution in [-0.4, -0.2) is 44.3 Å². The first-order chi connectivity index (χ1) is 23.7. The number of likely N-dealkylation sites (N-methyl/N-ethyl adjacent to an activating group) is 1. The Labute approximate surface area is 296 Å². The highest BCUT2D eigenvalue weighted by atomic mass is 35.5. The van der Waals surface area contributed by atoms with Crippen LogP contribution in [0.1, 0.15) is 18.1 Å². The molecule has 0 spiro atoms. The Morgan fingerprint density at radius 1 is 0.735 bits per heavy atom. The number of hydrogen-bond donors (Lipinski definition) is 1. The summed E-state index contributed by atoms with van der Waals surface area (Å²) >= 11 is 12.5. The standard InChI is InChI=1S/C38H35Cl2N3O5S/c1-2-41-38(45)36(25-28-12-6-3-7-13-28)42(26-29-18-23-34(39)35(40)24-29)37(44)27-43(49(46,47)33-16-10-5-11-17-33)30-19-21-32(22-20-30)48-31-14-8-4-9-15-31/h3-24,36H,2,25-27H2,1H3,(H,41,45)/t36-/m0/s1. The zero-order chi connectivity index (χ0) is 34.8. The molecule has 252 valence electrons. The van der Waals surface area contributed by atoms with Gasteiger partial charge in [-0.3, -0.25) is 13.9 Å². The Balaban J connectivity index is 1.55. The third-order valence-electron chi connectivity index (χ3n) is 7.67. The summed E-state index contributed by atoms with van der Waals surface area (Å²) < 4.78 is 35.4. The van der Waals surface area contributed by atoms with Gasteiger partial charge >= 0.3 is 0 Å². The third-order valence-corrected chi connectivity index (χ3v) is 10.2. The van der Waals surface area contributed by atoms with Gasteiger partial charge in [0.1, 0.15) is 24.1 Å². The Kier molecular flexibility index (Phi) is 12.0. The van der Waals surface area contributed by atoms with E-state index in [2.05, 4.69) is 5.32 Å². The van der Waals surface area contributed by atoms with Gasteiger partial charge in [0.15, 0.2) is 0 Å². The van der Waals surface area contributed by atoms with Crippen molar-refractivity contribution in [1.29, 1.82) is 0 Å². The summed E-state index contributed by atoms with van der Waals surface area (Å²) in [5, 5.41) is 3.48. The molecule has 0 aromatic heterocycles. The molecule has 5 aromatic carbocycles. The van der Waals surface area contributed by atoms with Crippen LogP contribution >= 0.6 is 23.2 Å². The molecule has 1 N–H and O–H groups in total. The molecule has 0 aliphatic rings. The average Bonchev–Trinajstić information content (AvgIpc) is 3.12. The van der Waals surface area contributed by atoms with Crippen LogP contribution in [0.5, 0.6) is 11.5 Å². The average molecular weight is 717 g/mol. The predicted octanol–water partition coefficient (Wildman–Crippen LogP) is 7.76. The van der Waals surface area contributed by atoms with Gasteiger partial charge in [-0.2, -0.15) is 0 Å². The van der Waals surface area contributed by atoms with Crippen LogP contribution in [0.15, 0.2) is 138 Å². The molecule has 0 saturated heterocycles. The first kappa shape index (κ1) is 35.5. The molecule has 0 heterocycles. The van der Waals surface area contributed by atoms with Crippen molar-refractivity contribution in [3.63, 3.8) is 0 Å². The molecule has 11 heteroatoms. The fourth-order valence-electron chi connectivity index (χ4n) is 5.23. The van der Waals surface area contributed by atoms with E-state index in [1.807, 2.05) is 60.7 Å². The summed E-state index contributed by atoms with van der Waals surface area (Å²) in [6, 6.07) is 36.8. The molecule has 0 aliphatic heterocycles. The highest BCUT2D eigenvalue weighted by Crippen LogP contribution is 2.29. The van der Waals surface area contributed by atoms with E-state index in [1.165, 1.54) is 17.0 Å². The van der Waals surface area contributed by atoms with Crippen molar-refractivity contribution in [1.82, 2.24) is 10.2 Å². The minimum absolute atomic E-state index is 0.00741. The summed E-state index contributed by atoms with van der Waals surface area (Å²) in [5.74, 6) is 0.132. The van der Waals surface area contributed by atoms with E-state index in [1.54, 1.807) is 67.6 Å². The van der Waals surface area contributed by atoms with Crippen LogP contribution in [0.2, 0.25) is 10.0 Å². The lowest BCUT2D eigenvalue weighted by Crippen LogP contribution is -2.53. The highest BCUT2D eigenvalue weighted by Gasteiger charge is 2.34. The summed E-state index contributed by atoms with van der Waals surface area (Å²) in [6.45, 7) is 1.50. The van der Waals surface area contributed by atoms with Gasteiger partial charge in [0.25, 0.3) is 10.0 Å². The van der Waals surface area contributed by atoms with Gasteiger partial charge in [-0.05, 0) is 78.7 Å². The Bertz CT molecular complexity index is 1960. The van der Waals surface area contributed by atoms with Crippen molar-refractivity contribution in [2.24, 2.45) is 0 Å². The molecule has 5 rings (SSSR count). The van der Waals surface area contributed by atoms with Gasteiger partial charge in [0.2, 0.25) is 11.8 Å². The summed E-state index contributed by atoms with van der Waals surface area (Å²) in [5.41, 5.74) is 1.68. The van der Waals surface area contributed by atoms with Gasteiger partial charge in [-0.25, -0.2) is 8.42 Å². The van der Waals surface area contributed by atoms with Crippen LogP contribution < -0.4 is 14.4 Å². The molecule has 0 unspecified atom stereocenters. The second-order valence-corrected chi connectivity index (χ2v) is 13.8. The maximum absolute atomic E-state index is 14.6. The topological polar surface area (TPSA) is 96.0 Å². The molecule has 0 radical (unpaired) electrons. The molecule has 8 nitrogen and oxygen atoms in total. The molecule has 0 bridgehead atoms. The smallest absolute Gasteiger partial charge is 0.264 e. The van der Waals surface area contributed by atoms with Crippen molar-refractivity contribution in [3.8, 4) is 11.5 Å². The minimum Gasteiger partial charge on any atom is -0.457 e. The number of anilines is 1. The fourth-order valence-corrected chi connectivity index (χ4v) is 6.99. The van der Waals surface area contributed by atoms with Crippen LogP contribution in [-0.2, 0) is 32.6 Å². The Hall–Kier alpha value is -4.83. The van der Waals surface area contributed by atoms with Crippen molar-refractivity contribution < 1.29 is 22.7 Å². The normalized spacial score (nSPS) is 11.7. The summed E-state index contributed by atoms with van der Waals surface area (Å²) in [6.07, 6.45) is 0.191. The number of carbonyl (C=O) groups is 2.